The first-order valence-electron chi connectivity index (χ1n) is 16.7. The third-order valence-electron chi connectivity index (χ3n) is 14.5. The van der Waals surface area contributed by atoms with E-state index < -0.39 is 0 Å². The second-order valence-electron chi connectivity index (χ2n) is 15.4. The summed E-state index contributed by atoms with van der Waals surface area (Å²) in [7, 11) is 0. The number of carbonyl (C=O) groups excluding carboxylic acids is 2. The summed E-state index contributed by atoms with van der Waals surface area (Å²) in [6.07, 6.45) is 23.7. The van der Waals surface area contributed by atoms with E-state index in [0.717, 1.165) is 89.6 Å². The first-order chi connectivity index (χ1) is 18.1. The summed E-state index contributed by atoms with van der Waals surface area (Å²) in [6, 6.07) is 0. The van der Waals surface area contributed by atoms with Crippen LogP contribution in [0.3, 0.4) is 0 Å². The van der Waals surface area contributed by atoms with Gasteiger partial charge < -0.3 is 9.59 Å². The van der Waals surface area contributed by atoms with Gasteiger partial charge in [-0.15, -0.1) is 0 Å². The fourth-order valence-electron chi connectivity index (χ4n) is 13.3. The van der Waals surface area contributed by atoms with Crippen molar-refractivity contribution in [1.29, 1.82) is 0 Å². The molecule has 9 aliphatic carbocycles. The van der Waals surface area contributed by atoms with Crippen LogP contribution in [0.15, 0.2) is 12.2 Å². The van der Waals surface area contributed by atoms with Gasteiger partial charge in [0.1, 0.15) is 12.6 Å². The Bertz CT molecular complexity index is 894. The van der Waals surface area contributed by atoms with Crippen LogP contribution in [0.2, 0.25) is 0 Å². The Kier molecular flexibility index (Phi) is 9.39. The standard InChI is InChI=1S/2C12H18O.C11H16.CH4.Rh/c1-7-10-5-11(12(7)6-13)9-4-2-3-8(9)10;13-5-4-8-6-9-7-12(8)11-3-1-2-10(9)11;1-7-5-8-6-11(7)10-4-2-3-9(8)10;;/h6-12H,2-5H2,1H3;5,8-12H,1-4,6-7H2;8-11H,1-6H2;1H4;. The molecule has 1 radical (unpaired) electrons. The molecule has 0 aromatic carbocycles. The molecule has 0 saturated heterocycles. The zero-order chi connectivity index (χ0) is 25.3. The van der Waals surface area contributed by atoms with Crippen LogP contribution < -0.4 is 0 Å². The molecule has 0 aliphatic heterocycles. The molecule has 9 rings (SSSR count). The van der Waals surface area contributed by atoms with Gasteiger partial charge in [-0.1, -0.05) is 45.8 Å². The predicted octanol–water partition coefficient (Wildman–Crippen LogP) is 8.78. The molecule has 2 nitrogen and oxygen atoms in total. The van der Waals surface area contributed by atoms with Gasteiger partial charge in [-0.3, -0.25) is 0 Å². The summed E-state index contributed by atoms with van der Waals surface area (Å²) >= 11 is 0. The zero-order valence-electron chi connectivity index (χ0n) is 23.8. The number of hydrogen-bond acceptors (Lipinski definition) is 2. The van der Waals surface area contributed by atoms with E-state index in [2.05, 4.69) is 13.5 Å². The number of allylic oxidation sites excluding steroid dienone is 1. The Labute approximate surface area is 252 Å². The molecule has 0 aromatic heterocycles. The van der Waals surface area contributed by atoms with Gasteiger partial charge in [0.2, 0.25) is 0 Å². The average molecular weight is 624 g/mol. The fourth-order valence-corrected chi connectivity index (χ4v) is 13.3. The normalized spacial score (nSPS) is 52.0. The number of carbonyl (C=O) groups is 2. The molecule has 0 spiro atoms. The zero-order valence-corrected chi connectivity index (χ0v) is 25.4. The SMILES string of the molecule is C.C=C1CC2CC1C1CCCC21.CC1C(C=O)C2CC1C1CCCC21.O=CCC1CC2CC1C1CCCC21.[Rh]. The minimum atomic E-state index is 0. The number of rotatable bonds is 3. The number of aldehydes is 2. The molecule has 9 saturated carbocycles. The first kappa shape index (κ1) is 30.2. The molecule has 0 aromatic rings. The van der Waals surface area contributed by atoms with Crippen molar-refractivity contribution < 1.29 is 29.1 Å². The molecule has 15 unspecified atom stereocenters. The van der Waals surface area contributed by atoms with Crippen molar-refractivity contribution in [3.8, 4) is 0 Å². The second-order valence-corrected chi connectivity index (χ2v) is 15.4. The van der Waals surface area contributed by atoms with Crippen molar-refractivity contribution in [2.75, 3.05) is 0 Å². The summed E-state index contributed by atoms with van der Waals surface area (Å²) in [5.74, 6) is 13.9. The van der Waals surface area contributed by atoms with Crippen LogP contribution in [0, 0.1) is 88.8 Å². The Morgan fingerprint density at radius 2 is 1.28 bits per heavy atom. The summed E-state index contributed by atoms with van der Waals surface area (Å²) in [6.45, 7) is 6.50. The van der Waals surface area contributed by atoms with Crippen LogP contribution in [-0.4, -0.2) is 12.6 Å². The van der Waals surface area contributed by atoms with E-state index >= 15 is 0 Å². The van der Waals surface area contributed by atoms with E-state index in [4.69, 9.17) is 0 Å². The van der Waals surface area contributed by atoms with Gasteiger partial charge in [0.05, 0.1) is 0 Å². The van der Waals surface area contributed by atoms with Crippen LogP contribution in [0.25, 0.3) is 0 Å². The molecule has 9 aliphatic rings. The van der Waals surface area contributed by atoms with Crippen molar-refractivity contribution in [3.05, 3.63) is 12.2 Å². The van der Waals surface area contributed by atoms with Crippen LogP contribution >= 0.6 is 0 Å². The second kappa shape index (κ2) is 12.1. The monoisotopic (exact) mass is 623 g/mol. The summed E-state index contributed by atoms with van der Waals surface area (Å²) in [4.78, 5) is 21.5. The minimum absolute atomic E-state index is 0. The Balaban J connectivity index is 0.000000116. The van der Waals surface area contributed by atoms with Crippen LogP contribution in [0.5, 0.6) is 0 Å². The van der Waals surface area contributed by atoms with Gasteiger partial charge in [-0.25, -0.2) is 0 Å². The molecule has 15 atom stereocenters. The summed E-state index contributed by atoms with van der Waals surface area (Å²) in [5.41, 5.74) is 1.60. The molecule has 6 bridgehead atoms. The molecule has 221 valence electrons. The smallest absolute Gasteiger partial charge is 0.123 e. The van der Waals surface area contributed by atoms with Gasteiger partial charge in [-0.2, -0.15) is 0 Å². The van der Waals surface area contributed by atoms with Crippen molar-refractivity contribution in [1.82, 2.24) is 0 Å². The fraction of sp³-hybridized carbons (Fsp3) is 0.889. The van der Waals surface area contributed by atoms with E-state index in [9.17, 15) is 9.59 Å². The van der Waals surface area contributed by atoms with E-state index in [1.807, 2.05) is 0 Å². The van der Waals surface area contributed by atoms with Gasteiger partial charge in [0, 0.05) is 31.8 Å². The average Bonchev–Trinajstić information content (AvgIpc) is 3.71. The third-order valence-corrected chi connectivity index (χ3v) is 14.5. The van der Waals surface area contributed by atoms with E-state index in [0.29, 0.717) is 11.8 Å². The van der Waals surface area contributed by atoms with Crippen molar-refractivity contribution in [2.45, 2.75) is 111 Å². The summed E-state index contributed by atoms with van der Waals surface area (Å²) < 4.78 is 0. The molecule has 0 N–H and O–H groups in total. The van der Waals surface area contributed by atoms with Gasteiger partial charge in [0.25, 0.3) is 0 Å². The van der Waals surface area contributed by atoms with Gasteiger partial charge >= 0.3 is 0 Å². The molecule has 0 amide bonds. The molecule has 3 heteroatoms. The molecular formula is C36H56O2Rh. The Hall–Kier alpha value is -0.297. The van der Waals surface area contributed by atoms with Crippen molar-refractivity contribution >= 4 is 12.6 Å². The topological polar surface area (TPSA) is 34.1 Å². The molecule has 9 fully saturated rings. The molecule has 0 heterocycles. The molecular weight excluding hydrogens is 567 g/mol. The Morgan fingerprint density at radius 3 is 1.95 bits per heavy atom. The largest absolute Gasteiger partial charge is 0.303 e. The van der Waals surface area contributed by atoms with Crippen LogP contribution in [0.4, 0.5) is 0 Å². The van der Waals surface area contributed by atoms with E-state index in [1.54, 1.807) is 12.0 Å². The van der Waals surface area contributed by atoms with Crippen molar-refractivity contribution in [3.63, 3.8) is 0 Å². The van der Waals surface area contributed by atoms with Crippen LogP contribution in [-0.2, 0) is 29.1 Å². The first-order valence-corrected chi connectivity index (χ1v) is 16.7. The maximum Gasteiger partial charge on any atom is 0.123 e. The maximum absolute atomic E-state index is 11.0. The van der Waals surface area contributed by atoms with E-state index in [-0.39, 0.29) is 26.9 Å². The van der Waals surface area contributed by atoms with Gasteiger partial charge in [-0.05, 0) is 153 Å². The predicted molar refractivity (Wildman–Crippen MR) is 155 cm³/mol. The number of hydrogen-bond donors (Lipinski definition) is 0. The van der Waals surface area contributed by atoms with Gasteiger partial charge in [0.15, 0.2) is 0 Å². The Morgan fingerprint density at radius 1 is 0.692 bits per heavy atom. The minimum Gasteiger partial charge on any atom is -0.303 e. The third kappa shape index (κ3) is 4.93. The number of fused-ring (bicyclic) bond motifs is 15. The van der Waals surface area contributed by atoms with Crippen molar-refractivity contribution in [2.24, 2.45) is 88.8 Å². The quantitative estimate of drug-likeness (QED) is 0.179. The summed E-state index contributed by atoms with van der Waals surface area (Å²) in [5, 5.41) is 0. The van der Waals surface area contributed by atoms with E-state index in [1.165, 1.54) is 89.8 Å². The molecule has 39 heavy (non-hydrogen) atoms. The van der Waals surface area contributed by atoms with Crippen LogP contribution in [0.1, 0.15) is 111 Å². The maximum atomic E-state index is 11.0.